The van der Waals surface area contributed by atoms with E-state index in [1.807, 2.05) is 6.92 Å². The third-order valence-electron chi connectivity index (χ3n) is 1.88. The number of methoxy groups -OCH3 is 1. The van der Waals surface area contributed by atoms with Crippen LogP contribution >= 0.6 is 0 Å². The van der Waals surface area contributed by atoms with Gasteiger partial charge in [-0.1, -0.05) is 13.0 Å². The van der Waals surface area contributed by atoms with Crippen molar-refractivity contribution in [2.75, 3.05) is 13.7 Å². The van der Waals surface area contributed by atoms with Crippen molar-refractivity contribution in [1.29, 1.82) is 0 Å². The Morgan fingerprint density at radius 1 is 1.47 bits per heavy atom. The molecule has 0 aliphatic carbocycles. The molecule has 1 aromatic rings. The lowest BCUT2D eigenvalue weighted by Gasteiger charge is -2.08. The van der Waals surface area contributed by atoms with Crippen LogP contribution in [0.1, 0.15) is 23.7 Å². The molecule has 0 fully saturated rings. The summed E-state index contributed by atoms with van der Waals surface area (Å²) in [6.07, 6.45) is 0.746. The van der Waals surface area contributed by atoms with E-state index in [-0.39, 0.29) is 17.1 Å². The highest BCUT2D eigenvalue weighted by Gasteiger charge is 2.15. The highest BCUT2D eigenvalue weighted by molar-refractivity contribution is 5.93. The Hall–Kier alpha value is -1.71. The number of hydrogen-bond donors (Lipinski definition) is 1. The molecule has 0 heterocycles. The molecule has 1 N–H and O–H groups in total. The Morgan fingerprint density at radius 3 is 2.80 bits per heavy atom. The van der Waals surface area contributed by atoms with Gasteiger partial charge in [-0.2, -0.15) is 0 Å². The second-order valence-corrected chi connectivity index (χ2v) is 2.99. The lowest BCUT2D eigenvalue weighted by Crippen LogP contribution is -2.06. The van der Waals surface area contributed by atoms with Crippen LogP contribution < -0.4 is 4.74 Å². The van der Waals surface area contributed by atoms with E-state index >= 15 is 0 Å². The molecule has 1 aromatic carbocycles. The summed E-state index contributed by atoms with van der Waals surface area (Å²) in [5.74, 6) is -0.449. The van der Waals surface area contributed by atoms with Crippen molar-refractivity contribution >= 4 is 5.97 Å². The summed E-state index contributed by atoms with van der Waals surface area (Å²) in [6.45, 7) is 2.24. The lowest BCUT2D eigenvalue weighted by atomic mass is 10.2. The molecule has 0 aromatic heterocycles. The van der Waals surface area contributed by atoms with Crippen molar-refractivity contribution in [1.82, 2.24) is 0 Å². The van der Waals surface area contributed by atoms with Crippen LogP contribution in [-0.4, -0.2) is 24.8 Å². The fourth-order valence-electron chi connectivity index (χ4n) is 1.12. The van der Waals surface area contributed by atoms with E-state index in [1.54, 1.807) is 12.1 Å². The van der Waals surface area contributed by atoms with Crippen LogP contribution in [0.4, 0.5) is 0 Å². The molecule has 0 radical (unpaired) electrons. The lowest BCUT2D eigenvalue weighted by molar-refractivity contribution is 0.0501. The van der Waals surface area contributed by atoms with Crippen molar-refractivity contribution in [2.24, 2.45) is 0 Å². The fraction of sp³-hybridized carbons (Fsp3) is 0.364. The van der Waals surface area contributed by atoms with Gasteiger partial charge in [-0.3, -0.25) is 0 Å². The number of phenols is 1. The van der Waals surface area contributed by atoms with Crippen LogP contribution in [0, 0.1) is 0 Å². The molecule has 0 amide bonds. The zero-order chi connectivity index (χ0) is 11.3. The van der Waals surface area contributed by atoms with Crippen molar-refractivity contribution in [3.8, 4) is 11.5 Å². The smallest absolute Gasteiger partial charge is 0.342 e. The highest BCUT2D eigenvalue weighted by Crippen LogP contribution is 2.29. The van der Waals surface area contributed by atoms with E-state index in [0.29, 0.717) is 6.61 Å². The average molecular weight is 210 g/mol. The van der Waals surface area contributed by atoms with Gasteiger partial charge < -0.3 is 14.6 Å². The van der Waals surface area contributed by atoms with Crippen LogP contribution in [0.2, 0.25) is 0 Å². The Labute approximate surface area is 88.4 Å². The molecule has 0 saturated heterocycles. The zero-order valence-electron chi connectivity index (χ0n) is 8.82. The molecule has 0 bridgehead atoms. The maximum Gasteiger partial charge on any atom is 0.342 e. The second-order valence-electron chi connectivity index (χ2n) is 2.99. The van der Waals surface area contributed by atoms with Gasteiger partial charge in [-0.25, -0.2) is 4.79 Å². The van der Waals surface area contributed by atoms with Gasteiger partial charge in [0, 0.05) is 0 Å². The minimum absolute atomic E-state index is 0.128. The molecule has 0 spiro atoms. The molecular formula is C11H14O4. The van der Waals surface area contributed by atoms with Crippen LogP contribution in [-0.2, 0) is 4.74 Å². The molecule has 4 nitrogen and oxygen atoms in total. The van der Waals surface area contributed by atoms with Gasteiger partial charge in [-0.15, -0.1) is 0 Å². The fourth-order valence-corrected chi connectivity index (χ4v) is 1.12. The van der Waals surface area contributed by atoms with Crippen LogP contribution in [0.25, 0.3) is 0 Å². The second kappa shape index (κ2) is 5.24. The Balaban J connectivity index is 2.89. The third-order valence-corrected chi connectivity index (χ3v) is 1.88. The first-order chi connectivity index (χ1) is 7.20. The molecule has 0 aliphatic rings. The van der Waals surface area contributed by atoms with Gasteiger partial charge in [0.25, 0.3) is 0 Å². The standard InChI is InChI=1S/C11H14O4/c1-3-7-15-11(13)8-5-4-6-9(14-2)10(8)12/h4-6,12H,3,7H2,1-2H3. The molecule has 0 unspecified atom stereocenters. The van der Waals surface area contributed by atoms with Gasteiger partial charge in [0.05, 0.1) is 13.7 Å². The van der Waals surface area contributed by atoms with Gasteiger partial charge in [0.15, 0.2) is 11.5 Å². The summed E-state index contributed by atoms with van der Waals surface area (Å²) in [5, 5.41) is 9.63. The highest BCUT2D eigenvalue weighted by atomic mass is 16.5. The minimum atomic E-state index is -0.534. The van der Waals surface area contributed by atoms with Crippen molar-refractivity contribution < 1.29 is 19.4 Å². The van der Waals surface area contributed by atoms with Gasteiger partial charge in [-0.05, 0) is 18.6 Å². The topological polar surface area (TPSA) is 55.8 Å². The summed E-state index contributed by atoms with van der Waals surface area (Å²) in [5.41, 5.74) is 0.128. The van der Waals surface area contributed by atoms with Crippen molar-refractivity contribution in [2.45, 2.75) is 13.3 Å². The first-order valence-electron chi connectivity index (χ1n) is 4.73. The maximum absolute atomic E-state index is 11.5. The minimum Gasteiger partial charge on any atom is -0.504 e. The maximum atomic E-state index is 11.5. The number of phenolic OH excluding ortho intramolecular Hbond substituents is 1. The third kappa shape index (κ3) is 2.62. The normalized spacial score (nSPS) is 9.73. The molecule has 0 aliphatic heterocycles. The monoisotopic (exact) mass is 210 g/mol. The number of carbonyl (C=O) groups excluding carboxylic acids is 1. The molecule has 0 saturated carbocycles. The molecular weight excluding hydrogens is 196 g/mol. The quantitative estimate of drug-likeness (QED) is 0.772. The van der Waals surface area contributed by atoms with E-state index in [9.17, 15) is 9.90 Å². The summed E-state index contributed by atoms with van der Waals surface area (Å²) in [6, 6.07) is 4.70. The Kier molecular flexibility index (Phi) is 3.97. The SMILES string of the molecule is CCCOC(=O)c1cccc(OC)c1O. The molecule has 0 atom stereocenters. The zero-order valence-corrected chi connectivity index (χ0v) is 8.82. The molecule has 15 heavy (non-hydrogen) atoms. The van der Waals surface area contributed by atoms with Crippen LogP contribution in [0.15, 0.2) is 18.2 Å². The molecule has 4 heteroatoms. The number of ether oxygens (including phenoxy) is 2. The predicted octanol–water partition coefficient (Wildman–Crippen LogP) is 1.97. The number of rotatable bonds is 4. The summed E-state index contributed by atoms with van der Waals surface area (Å²) in [4.78, 5) is 11.5. The van der Waals surface area contributed by atoms with E-state index in [4.69, 9.17) is 9.47 Å². The first-order valence-corrected chi connectivity index (χ1v) is 4.73. The Bertz CT molecular complexity index is 346. The van der Waals surface area contributed by atoms with Crippen LogP contribution in [0.5, 0.6) is 11.5 Å². The average Bonchev–Trinajstić information content (AvgIpc) is 2.26. The van der Waals surface area contributed by atoms with Crippen LogP contribution in [0.3, 0.4) is 0 Å². The number of benzene rings is 1. The molecule has 1 rings (SSSR count). The van der Waals surface area contributed by atoms with E-state index in [2.05, 4.69) is 0 Å². The summed E-state index contributed by atoms with van der Waals surface area (Å²) in [7, 11) is 1.43. The van der Waals surface area contributed by atoms with Gasteiger partial charge in [0.1, 0.15) is 5.56 Å². The van der Waals surface area contributed by atoms with Crippen molar-refractivity contribution in [3.05, 3.63) is 23.8 Å². The Morgan fingerprint density at radius 2 is 2.20 bits per heavy atom. The van der Waals surface area contributed by atoms with E-state index in [0.717, 1.165) is 6.42 Å². The van der Waals surface area contributed by atoms with Gasteiger partial charge >= 0.3 is 5.97 Å². The van der Waals surface area contributed by atoms with E-state index < -0.39 is 5.97 Å². The largest absolute Gasteiger partial charge is 0.504 e. The van der Waals surface area contributed by atoms with Crippen molar-refractivity contribution in [3.63, 3.8) is 0 Å². The first kappa shape index (κ1) is 11.4. The number of esters is 1. The summed E-state index contributed by atoms with van der Waals surface area (Å²) < 4.78 is 9.79. The molecule has 82 valence electrons. The summed E-state index contributed by atoms with van der Waals surface area (Å²) >= 11 is 0. The van der Waals surface area contributed by atoms with Gasteiger partial charge in [0.2, 0.25) is 0 Å². The number of carbonyl (C=O) groups is 1. The number of hydrogen-bond acceptors (Lipinski definition) is 4. The van der Waals surface area contributed by atoms with E-state index in [1.165, 1.54) is 13.2 Å². The number of aromatic hydroxyl groups is 1. The predicted molar refractivity (Wildman–Crippen MR) is 55.2 cm³/mol. The number of para-hydroxylation sites is 1.